The minimum atomic E-state index is -0.834. The van der Waals surface area contributed by atoms with E-state index < -0.39 is 6.10 Å². The Bertz CT molecular complexity index is 1140. The minimum absolute atomic E-state index is 0. The van der Waals surface area contributed by atoms with Crippen LogP contribution in [0.4, 0.5) is 0 Å². The second-order valence-electron chi connectivity index (χ2n) is 10.0. The van der Waals surface area contributed by atoms with E-state index in [0.29, 0.717) is 39.3 Å². The van der Waals surface area contributed by atoms with E-state index >= 15 is 0 Å². The molecule has 0 spiro atoms. The van der Waals surface area contributed by atoms with Crippen molar-refractivity contribution in [1.29, 1.82) is 0 Å². The van der Waals surface area contributed by atoms with Crippen LogP contribution in [-0.2, 0) is 65.1 Å². The van der Waals surface area contributed by atoms with Gasteiger partial charge in [-0.1, -0.05) is 24.3 Å². The predicted molar refractivity (Wildman–Crippen MR) is 148 cm³/mol. The summed E-state index contributed by atoms with van der Waals surface area (Å²) >= 11 is 0. The van der Waals surface area contributed by atoms with Crippen molar-refractivity contribution in [3.8, 4) is 0 Å². The van der Waals surface area contributed by atoms with Gasteiger partial charge in [-0.2, -0.15) is 0 Å². The van der Waals surface area contributed by atoms with Crippen LogP contribution in [0.2, 0.25) is 0 Å². The molecule has 0 aliphatic carbocycles. The van der Waals surface area contributed by atoms with Crippen LogP contribution in [0.15, 0.2) is 72.8 Å². The van der Waals surface area contributed by atoms with Crippen molar-refractivity contribution >= 4 is 0 Å². The van der Waals surface area contributed by atoms with Gasteiger partial charge in [-0.05, 0) is 89.3 Å². The number of hydrogen-bond acceptors (Lipinski definition) is 7. The van der Waals surface area contributed by atoms with Crippen molar-refractivity contribution in [3.63, 3.8) is 0 Å². The summed E-state index contributed by atoms with van der Waals surface area (Å²) in [4.78, 5) is 23.0. The van der Waals surface area contributed by atoms with Crippen molar-refractivity contribution < 1.29 is 44.1 Å². The summed E-state index contributed by atoms with van der Waals surface area (Å²) in [7, 11) is 0. The second kappa shape index (κ2) is 16.9. The van der Waals surface area contributed by atoms with Crippen LogP contribution >= 0.6 is 0 Å². The zero-order valence-corrected chi connectivity index (χ0v) is 30.2. The van der Waals surface area contributed by atoms with Crippen LogP contribution < -0.4 is 5.11 Å². The topological polar surface area (TPSA) is 81.1 Å². The maximum absolute atomic E-state index is 13.6. The average molecular weight is 640 g/mol. The van der Waals surface area contributed by atoms with Crippen molar-refractivity contribution in [2.24, 2.45) is 0 Å². The van der Waals surface area contributed by atoms with Gasteiger partial charge in [0.1, 0.15) is 0 Å². The first-order valence-electron chi connectivity index (χ1n) is 13.1. The van der Waals surface area contributed by atoms with Crippen LogP contribution in [0.1, 0.15) is 45.6 Å². The van der Waals surface area contributed by atoms with Gasteiger partial charge in [0, 0.05) is 87.9 Å². The molecule has 7 nitrogen and oxygen atoms in total. The van der Waals surface area contributed by atoms with Crippen LogP contribution in [0.3, 0.4) is 0 Å². The van der Waals surface area contributed by atoms with E-state index in [2.05, 4.69) is 29.7 Å². The van der Waals surface area contributed by atoms with Gasteiger partial charge < -0.3 is 5.11 Å². The maximum Gasteiger partial charge on any atom is 0.0547 e. The average Bonchev–Trinajstić information content (AvgIpc) is 2.84. The molecule has 0 unspecified atom stereocenters. The molecule has 0 N–H and O–H groups in total. The molecule has 40 heavy (non-hydrogen) atoms. The van der Waals surface area contributed by atoms with Gasteiger partial charge in [0.05, 0.1) is 22.8 Å². The fourth-order valence-electron chi connectivity index (χ4n) is 4.67. The molecule has 202 valence electrons. The van der Waals surface area contributed by atoms with Gasteiger partial charge in [-0.15, -0.1) is 6.10 Å². The van der Waals surface area contributed by atoms with E-state index in [4.69, 9.17) is 0 Å². The first-order chi connectivity index (χ1) is 18.3. The Balaban J connectivity index is 0.00000280. The van der Waals surface area contributed by atoms with Gasteiger partial charge in [0.15, 0.2) is 0 Å². The summed E-state index contributed by atoms with van der Waals surface area (Å²) in [6.07, 6.45) is -0.834. The molecule has 0 saturated carbocycles. The van der Waals surface area contributed by atoms with Gasteiger partial charge in [-0.25, -0.2) is 0 Å². The van der Waals surface area contributed by atoms with Crippen molar-refractivity contribution in [2.45, 2.75) is 60.0 Å². The number of rotatable bonds is 12. The van der Waals surface area contributed by atoms with E-state index in [1.54, 1.807) is 0 Å². The molecular formula is C31H37N6OZn2-. The van der Waals surface area contributed by atoms with E-state index in [1.165, 1.54) is 0 Å². The molecule has 0 aromatic carbocycles. The number of hydrogen-bond donors (Lipinski definition) is 0. The zero-order valence-electron chi connectivity index (χ0n) is 24.3. The van der Waals surface area contributed by atoms with E-state index in [0.717, 1.165) is 45.6 Å². The number of nitrogens with zero attached hydrogens (tertiary/aromatic N) is 6. The molecule has 0 aliphatic rings. The molecule has 0 fully saturated rings. The number of aromatic nitrogens is 4. The van der Waals surface area contributed by atoms with Gasteiger partial charge >= 0.3 is 0 Å². The quantitative estimate of drug-likeness (QED) is 0.217. The molecule has 4 aromatic heterocycles. The molecule has 0 saturated heterocycles. The summed E-state index contributed by atoms with van der Waals surface area (Å²) in [6, 6.07) is 24.1. The second-order valence-corrected chi connectivity index (χ2v) is 10.0. The molecule has 4 rings (SSSR count). The maximum atomic E-state index is 13.6. The van der Waals surface area contributed by atoms with E-state index in [9.17, 15) is 5.11 Å². The largest absolute Gasteiger partial charge is 0.850 e. The van der Waals surface area contributed by atoms with Crippen molar-refractivity contribution in [2.75, 3.05) is 13.1 Å². The number of aryl methyl sites for hydroxylation is 4. The van der Waals surface area contributed by atoms with Gasteiger partial charge in [0.2, 0.25) is 0 Å². The fraction of sp³-hybridized carbons (Fsp3) is 0.355. The Labute approximate surface area is 264 Å². The zero-order chi connectivity index (χ0) is 26.9. The van der Waals surface area contributed by atoms with Crippen LogP contribution in [-0.4, -0.2) is 48.9 Å². The summed E-state index contributed by atoms with van der Waals surface area (Å²) in [5, 5.41) is 13.6. The molecule has 0 atom stereocenters. The fourth-order valence-corrected chi connectivity index (χ4v) is 4.67. The Morgan fingerprint density at radius 1 is 0.500 bits per heavy atom. The minimum Gasteiger partial charge on any atom is -0.850 e. The Kier molecular flexibility index (Phi) is 14.3. The van der Waals surface area contributed by atoms with Gasteiger partial charge in [-0.3, -0.25) is 29.7 Å². The first kappa shape index (κ1) is 33.9. The smallest absolute Gasteiger partial charge is 0.0547 e. The molecular weight excluding hydrogens is 603 g/mol. The third kappa shape index (κ3) is 11.3. The third-order valence-electron chi connectivity index (χ3n) is 6.25. The Morgan fingerprint density at radius 2 is 0.750 bits per heavy atom. The Hall–Kier alpha value is -2.27. The van der Waals surface area contributed by atoms with Crippen LogP contribution in [0.25, 0.3) is 0 Å². The van der Waals surface area contributed by atoms with Crippen molar-refractivity contribution in [3.05, 3.63) is 118 Å². The Morgan fingerprint density at radius 3 is 0.975 bits per heavy atom. The van der Waals surface area contributed by atoms with E-state index in [-0.39, 0.29) is 39.0 Å². The van der Waals surface area contributed by atoms with Crippen LogP contribution in [0.5, 0.6) is 0 Å². The predicted octanol–water partition coefficient (Wildman–Crippen LogP) is 3.93. The molecule has 4 aromatic rings. The molecule has 9 heteroatoms. The monoisotopic (exact) mass is 637 g/mol. The molecule has 0 bridgehead atoms. The normalized spacial score (nSPS) is 11.0. The summed E-state index contributed by atoms with van der Waals surface area (Å²) in [5.74, 6) is 0. The van der Waals surface area contributed by atoms with E-state index in [1.807, 2.05) is 100 Å². The SMILES string of the molecule is Cc1cccc(CN(Cc2cccc(C)n2)CC([O-])CN(Cc2cccc(C)n2)Cc2cccc(C)n2)n1.[Zn].[Zn]. The molecule has 0 aliphatic heterocycles. The van der Waals surface area contributed by atoms with Crippen LogP contribution in [0, 0.1) is 27.7 Å². The molecule has 4 heterocycles. The summed E-state index contributed by atoms with van der Waals surface area (Å²) in [6.45, 7) is 11.1. The first-order valence-corrected chi connectivity index (χ1v) is 13.1. The summed E-state index contributed by atoms with van der Waals surface area (Å²) in [5.41, 5.74) is 7.69. The standard InChI is InChI=1S/C31H37N6O.2Zn/c1-23-9-5-13-27(32-23)17-36(18-28-14-6-10-24(2)33-28)21-31(38)22-37(19-29-15-7-11-25(3)34-29)20-30-16-8-12-26(4)35-30;;/h5-16,31H,17-22H2,1-4H3;;/q-1;;. The van der Waals surface area contributed by atoms with Gasteiger partial charge in [0.25, 0.3) is 0 Å². The molecule has 0 radical (unpaired) electrons. The summed E-state index contributed by atoms with van der Waals surface area (Å²) < 4.78 is 0. The van der Waals surface area contributed by atoms with Crippen molar-refractivity contribution in [1.82, 2.24) is 29.7 Å². The third-order valence-corrected chi connectivity index (χ3v) is 6.25. The number of pyridine rings is 4. The molecule has 0 amide bonds.